The number of nitrogens with zero attached hydrogens (tertiary/aromatic N) is 5. The number of benzene rings is 2. The van der Waals surface area contributed by atoms with Gasteiger partial charge in [0.2, 0.25) is 11.8 Å². The largest absolute Gasteiger partial charge is 0.421 e. The van der Waals surface area contributed by atoms with Gasteiger partial charge in [0.1, 0.15) is 5.82 Å². The molecule has 4 aromatic rings. The van der Waals surface area contributed by atoms with Gasteiger partial charge in [0.15, 0.2) is 0 Å². The molecule has 0 bridgehead atoms. The van der Waals surface area contributed by atoms with Crippen LogP contribution in [0.4, 0.5) is 17.5 Å². The lowest BCUT2D eigenvalue weighted by Crippen LogP contribution is -2.21. The number of halogens is 1. The number of hydrogen-bond acceptors (Lipinski definition) is 9. The second-order valence-electron chi connectivity index (χ2n) is 7.83. The van der Waals surface area contributed by atoms with Crippen LogP contribution in [-0.4, -0.2) is 56.8 Å². The van der Waals surface area contributed by atoms with Gasteiger partial charge in [-0.1, -0.05) is 48.9 Å². The molecule has 0 atom stereocenters. The zero-order valence-corrected chi connectivity index (χ0v) is 21.0. The summed E-state index contributed by atoms with van der Waals surface area (Å²) in [4.78, 5) is 21.9. The highest BCUT2D eigenvalue weighted by atomic mass is 35.5. The normalized spacial score (nSPS) is 10.4. The fourth-order valence-corrected chi connectivity index (χ4v) is 3.30. The third kappa shape index (κ3) is 7.00. The van der Waals surface area contributed by atoms with Crippen LogP contribution in [0.15, 0.2) is 59.1 Å². The number of rotatable bonds is 7. The van der Waals surface area contributed by atoms with E-state index in [1.165, 1.54) is 16.7 Å². The van der Waals surface area contributed by atoms with E-state index >= 15 is 0 Å². The fraction of sp³-hybridized carbons (Fsp3) is 0.240. The maximum absolute atomic E-state index is 12.0. The lowest BCUT2D eigenvalue weighted by atomic mass is 10.2. The molecule has 0 unspecified atom stereocenters. The van der Waals surface area contributed by atoms with Crippen molar-refractivity contribution in [3.63, 3.8) is 0 Å². The fourth-order valence-electron chi connectivity index (χ4n) is 3.04. The van der Waals surface area contributed by atoms with E-state index in [9.17, 15) is 4.79 Å². The molecule has 0 aliphatic carbocycles. The molecule has 0 spiro atoms. The standard InChI is InChI=1S/C17H18ClN7O2.C8H10O/c1-4-13-23-24-15(27-13)11-8-20-17(22-14(11)19)21-9-5-6-10(12(18)7-9)16(26)25(2)3;9-7-6-8-4-2-1-3-5-8/h5-8H,4H2,1-3H3,(H3,19,20,21,22);1-5,9H,6-7H2. The van der Waals surface area contributed by atoms with Crippen LogP contribution in [0.1, 0.15) is 28.7 Å². The minimum Gasteiger partial charge on any atom is -0.421 e. The molecule has 188 valence electrons. The number of nitrogens with one attached hydrogen (secondary N) is 1. The van der Waals surface area contributed by atoms with E-state index in [4.69, 9.17) is 26.9 Å². The molecule has 0 fully saturated rings. The van der Waals surface area contributed by atoms with Crippen molar-refractivity contribution < 1.29 is 14.3 Å². The summed E-state index contributed by atoms with van der Waals surface area (Å²) in [5.41, 5.74) is 8.67. The van der Waals surface area contributed by atoms with Crippen LogP contribution in [0.3, 0.4) is 0 Å². The van der Waals surface area contributed by atoms with Crippen LogP contribution in [0, 0.1) is 0 Å². The number of aliphatic hydroxyl groups excluding tert-OH is 1. The molecule has 0 aliphatic heterocycles. The summed E-state index contributed by atoms with van der Waals surface area (Å²) in [5.74, 6) is 1.07. The van der Waals surface area contributed by atoms with Crippen LogP contribution in [0.2, 0.25) is 5.02 Å². The Bertz CT molecular complexity index is 1300. The number of anilines is 3. The van der Waals surface area contributed by atoms with Gasteiger partial charge in [0, 0.05) is 39.0 Å². The molecule has 0 saturated heterocycles. The van der Waals surface area contributed by atoms with E-state index in [0.717, 1.165) is 6.42 Å². The number of amides is 1. The second-order valence-corrected chi connectivity index (χ2v) is 8.23. The highest BCUT2D eigenvalue weighted by Gasteiger charge is 2.15. The van der Waals surface area contributed by atoms with Gasteiger partial charge in [-0.3, -0.25) is 4.79 Å². The summed E-state index contributed by atoms with van der Waals surface area (Å²) in [5, 5.41) is 19.7. The second kappa shape index (κ2) is 12.6. The number of aryl methyl sites for hydroxylation is 1. The Labute approximate surface area is 214 Å². The summed E-state index contributed by atoms with van der Waals surface area (Å²) in [6.45, 7) is 2.15. The molecular weight excluding hydrogens is 482 g/mol. The zero-order valence-electron chi connectivity index (χ0n) is 20.3. The van der Waals surface area contributed by atoms with Crippen LogP contribution in [-0.2, 0) is 12.8 Å². The molecule has 11 heteroatoms. The average Bonchev–Trinajstić information content (AvgIpc) is 3.34. The van der Waals surface area contributed by atoms with Crippen molar-refractivity contribution in [3.05, 3.63) is 76.8 Å². The van der Waals surface area contributed by atoms with Crippen LogP contribution >= 0.6 is 11.6 Å². The first-order chi connectivity index (χ1) is 17.3. The zero-order chi connectivity index (χ0) is 26.1. The van der Waals surface area contributed by atoms with E-state index in [1.807, 2.05) is 37.3 Å². The molecule has 2 aromatic heterocycles. The van der Waals surface area contributed by atoms with Gasteiger partial charge in [0.05, 0.1) is 16.1 Å². The summed E-state index contributed by atoms with van der Waals surface area (Å²) in [6.07, 6.45) is 2.89. The highest BCUT2D eigenvalue weighted by molar-refractivity contribution is 6.34. The SMILES string of the molecule is CCc1nnc(-c2cnc(Nc3ccc(C(=O)N(C)C)c(Cl)c3)nc2N)o1.OCCc1ccccc1. The first-order valence-corrected chi connectivity index (χ1v) is 11.6. The van der Waals surface area contributed by atoms with Gasteiger partial charge in [-0.25, -0.2) is 4.98 Å². The Morgan fingerprint density at radius 3 is 2.50 bits per heavy atom. The monoisotopic (exact) mass is 509 g/mol. The predicted molar refractivity (Wildman–Crippen MR) is 139 cm³/mol. The van der Waals surface area contributed by atoms with Gasteiger partial charge in [-0.15, -0.1) is 10.2 Å². The van der Waals surface area contributed by atoms with Crippen molar-refractivity contribution in [2.24, 2.45) is 0 Å². The van der Waals surface area contributed by atoms with Crippen molar-refractivity contribution >= 4 is 35.0 Å². The number of aromatic nitrogens is 4. The Balaban J connectivity index is 0.000000338. The molecule has 4 rings (SSSR count). The minimum atomic E-state index is -0.178. The quantitative estimate of drug-likeness (QED) is 0.336. The summed E-state index contributed by atoms with van der Waals surface area (Å²) < 4.78 is 5.47. The smallest absolute Gasteiger partial charge is 0.254 e. The maximum atomic E-state index is 12.0. The molecule has 1 amide bonds. The predicted octanol–water partition coefficient (Wildman–Crippen LogP) is 3.99. The molecule has 0 aliphatic rings. The van der Waals surface area contributed by atoms with Gasteiger partial charge < -0.3 is 25.5 Å². The van der Waals surface area contributed by atoms with Crippen LogP contribution < -0.4 is 11.1 Å². The Hall–Kier alpha value is -4.02. The molecule has 36 heavy (non-hydrogen) atoms. The molecule has 10 nitrogen and oxygen atoms in total. The first-order valence-electron chi connectivity index (χ1n) is 11.2. The van der Waals surface area contributed by atoms with Crippen LogP contribution in [0.5, 0.6) is 0 Å². The van der Waals surface area contributed by atoms with Gasteiger partial charge in [-0.05, 0) is 30.2 Å². The van der Waals surface area contributed by atoms with Crippen molar-refractivity contribution in [3.8, 4) is 11.5 Å². The number of carbonyl (C=O) groups excluding carboxylic acids is 1. The number of aliphatic hydroxyl groups is 1. The average molecular weight is 510 g/mol. The third-order valence-corrected chi connectivity index (χ3v) is 5.24. The molecular formula is C25H28ClN7O3. The molecule has 0 radical (unpaired) electrons. The molecule has 4 N–H and O–H groups in total. The third-order valence-electron chi connectivity index (χ3n) is 4.92. The van der Waals surface area contributed by atoms with Crippen molar-refractivity contribution in [2.75, 3.05) is 31.8 Å². The van der Waals surface area contributed by atoms with Gasteiger partial charge >= 0.3 is 0 Å². The lowest BCUT2D eigenvalue weighted by molar-refractivity contribution is 0.0828. The van der Waals surface area contributed by atoms with E-state index in [2.05, 4.69) is 25.5 Å². The Morgan fingerprint density at radius 2 is 1.92 bits per heavy atom. The summed E-state index contributed by atoms with van der Waals surface area (Å²) in [6, 6.07) is 14.9. The summed E-state index contributed by atoms with van der Waals surface area (Å²) in [7, 11) is 3.33. The van der Waals surface area contributed by atoms with Gasteiger partial charge in [0.25, 0.3) is 11.8 Å². The Morgan fingerprint density at radius 1 is 1.17 bits per heavy atom. The Kier molecular flexibility index (Phi) is 9.32. The topological polar surface area (TPSA) is 143 Å². The number of carbonyl (C=O) groups is 1. The number of nitrogen functional groups attached to an aromatic ring is 1. The molecule has 2 heterocycles. The van der Waals surface area contributed by atoms with Crippen molar-refractivity contribution in [1.29, 1.82) is 0 Å². The van der Waals surface area contributed by atoms with E-state index in [-0.39, 0.29) is 30.2 Å². The van der Waals surface area contributed by atoms with Crippen LogP contribution in [0.25, 0.3) is 11.5 Å². The van der Waals surface area contributed by atoms with E-state index in [1.54, 1.807) is 32.3 Å². The van der Waals surface area contributed by atoms with E-state index < -0.39 is 0 Å². The van der Waals surface area contributed by atoms with Crippen molar-refractivity contribution in [1.82, 2.24) is 25.1 Å². The summed E-state index contributed by atoms with van der Waals surface area (Å²) >= 11 is 6.21. The maximum Gasteiger partial charge on any atom is 0.254 e. The molecule has 2 aromatic carbocycles. The number of hydrogen-bond donors (Lipinski definition) is 3. The first kappa shape index (κ1) is 26.6. The highest BCUT2D eigenvalue weighted by Crippen LogP contribution is 2.26. The van der Waals surface area contributed by atoms with E-state index in [0.29, 0.717) is 34.1 Å². The molecule has 0 saturated carbocycles. The number of nitrogens with two attached hydrogens (primary N) is 1. The van der Waals surface area contributed by atoms with Gasteiger partial charge in [-0.2, -0.15) is 4.98 Å². The minimum absolute atomic E-state index is 0.178. The lowest BCUT2D eigenvalue weighted by Gasteiger charge is -2.13. The van der Waals surface area contributed by atoms with Crippen molar-refractivity contribution in [2.45, 2.75) is 19.8 Å².